The van der Waals surface area contributed by atoms with Gasteiger partial charge in [0.25, 0.3) is 0 Å². The van der Waals surface area contributed by atoms with E-state index in [0.29, 0.717) is 34.2 Å². The predicted molar refractivity (Wildman–Crippen MR) is 87.3 cm³/mol. The Labute approximate surface area is 137 Å². The quantitative estimate of drug-likeness (QED) is 0.641. The Balaban J connectivity index is 1.92. The minimum Gasteiger partial charge on any atom is -0.310 e. The molecule has 0 amide bonds. The first-order chi connectivity index (χ1) is 11.6. The maximum Gasteiger partial charge on any atom is 0.172 e. The molecule has 0 saturated heterocycles. The van der Waals surface area contributed by atoms with Crippen molar-refractivity contribution in [1.82, 2.24) is 9.78 Å². The van der Waals surface area contributed by atoms with Gasteiger partial charge in [-0.25, -0.2) is 9.18 Å². The lowest BCUT2D eigenvalue weighted by Crippen LogP contribution is -2.20. The van der Waals surface area contributed by atoms with Crippen LogP contribution in [0.3, 0.4) is 0 Å². The van der Waals surface area contributed by atoms with Crippen LogP contribution in [0.15, 0.2) is 36.2 Å². The van der Waals surface area contributed by atoms with Crippen LogP contribution >= 0.6 is 0 Å². The Morgan fingerprint density at radius 1 is 1.33 bits per heavy atom. The van der Waals surface area contributed by atoms with E-state index >= 15 is 0 Å². The molecule has 5 nitrogen and oxygen atoms in total. The van der Waals surface area contributed by atoms with Gasteiger partial charge in [-0.2, -0.15) is 5.10 Å². The molecule has 1 aromatic heterocycles. The first-order valence-electron chi connectivity index (χ1n) is 7.70. The van der Waals surface area contributed by atoms with Crippen molar-refractivity contribution >= 4 is 29.2 Å². The van der Waals surface area contributed by atoms with E-state index in [9.17, 15) is 14.0 Å². The number of rotatable bonds is 3. The molecule has 4 rings (SSSR count). The van der Waals surface area contributed by atoms with Crippen molar-refractivity contribution in [3.8, 4) is 0 Å². The number of allylic oxidation sites excluding steroid dienone is 3. The summed E-state index contributed by atoms with van der Waals surface area (Å²) in [4.78, 5) is 24.5. The van der Waals surface area contributed by atoms with Gasteiger partial charge in [0.15, 0.2) is 6.29 Å². The SMILES string of the molecule is CC1=CC(=C=O)c2cc(F)ccc2N1c1cn(C2CC2)nc1C=O. The zero-order chi connectivity index (χ0) is 16.8. The molecular weight excluding hydrogens is 309 g/mol. The normalized spacial score (nSPS) is 16.5. The van der Waals surface area contributed by atoms with Crippen molar-refractivity contribution in [2.75, 3.05) is 4.90 Å². The number of aromatic nitrogens is 2. The lowest BCUT2D eigenvalue weighted by atomic mass is 9.98. The lowest BCUT2D eigenvalue weighted by Gasteiger charge is -2.30. The highest BCUT2D eigenvalue weighted by molar-refractivity contribution is 6.02. The van der Waals surface area contributed by atoms with Crippen molar-refractivity contribution < 1.29 is 14.0 Å². The summed E-state index contributed by atoms with van der Waals surface area (Å²) in [6.45, 7) is 1.83. The fraction of sp³-hybridized carbons (Fsp3) is 0.222. The summed E-state index contributed by atoms with van der Waals surface area (Å²) in [7, 11) is 0. The van der Waals surface area contributed by atoms with Gasteiger partial charge in [0, 0.05) is 11.3 Å². The van der Waals surface area contributed by atoms with Crippen molar-refractivity contribution in [1.29, 1.82) is 0 Å². The summed E-state index contributed by atoms with van der Waals surface area (Å²) in [5.41, 5.74) is 3.07. The van der Waals surface area contributed by atoms with Crippen molar-refractivity contribution in [3.05, 3.63) is 53.2 Å². The highest BCUT2D eigenvalue weighted by Gasteiger charge is 2.30. The average molecular weight is 323 g/mol. The zero-order valence-electron chi connectivity index (χ0n) is 13.0. The maximum absolute atomic E-state index is 13.6. The fourth-order valence-electron chi connectivity index (χ4n) is 3.04. The fourth-order valence-corrected chi connectivity index (χ4v) is 3.04. The number of anilines is 2. The Bertz CT molecular complexity index is 934. The van der Waals surface area contributed by atoms with E-state index in [4.69, 9.17) is 0 Å². The van der Waals surface area contributed by atoms with Crippen LogP contribution in [-0.2, 0) is 4.79 Å². The van der Waals surface area contributed by atoms with Gasteiger partial charge in [-0.3, -0.25) is 9.48 Å². The van der Waals surface area contributed by atoms with Gasteiger partial charge < -0.3 is 4.90 Å². The maximum atomic E-state index is 13.6. The monoisotopic (exact) mass is 323 g/mol. The number of fused-ring (bicyclic) bond motifs is 1. The van der Waals surface area contributed by atoms with Crippen molar-refractivity contribution in [3.63, 3.8) is 0 Å². The third-order valence-electron chi connectivity index (χ3n) is 4.32. The summed E-state index contributed by atoms with van der Waals surface area (Å²) < 4.78 is 15.4. The average Bonchev–Trinajstić information content (AvgIpc) is 3.34. The molecule has 1 saturated carbocycles. The molecule has 1 fully saturated rings. The molecule has 0 radical (unpaired) electrons. The van der Waals surface area contributed by atoms with Gasteiger partial charge in [0.05, 0.1) is 29.2 Å². The molecule has 1 aliphatic heterocycles. The first-order valence-corrected chi connectivity index (χ1v) is 7.70. The standard InChI is InChI=1S/C18H14FN3O2/c1-11-6-12(9-23)15-7-13(19)2-5-17(15)22(11)18-8-21(14-3-4-14)20-16(18)10-24/h2,5-8,10,14H,3-4H2,1H3. The van der Waals surface area contributed by atoms with E-state index < -0.39 is 5.82 Å². The Hall–Kier alpha value is -2.98. The molecule has 0 unspecified atom stereocenters. The van der Waals surface area contributed by atoms with Crippen LogP contribution < -0.4 is 4.90 Å². The second kappa shape index (κ2) is 5.28. The summed E-state index contributed by atoms with van der Waals surface area (Å²) in [5, 5.41) is 4.35. The third-order valence-corrected chi connectivity index (χ3v) is 4.32. The van der Waals surface area contributed by atoms with Gasteiger partial charge >= 0.3 is 0 Å². The molecule has 2 aromatic rings. The van der Waals surface area contributed by atoms with Crippen LogP contribution in [-0.4, -0.2) is 22.0 Å². The molecule has 2 heterocycles. The van der Waals surface area contributed by atoms with Crippen LogP contribution in [0.2, 0.25) is 0 Å². The molecular formula is C18H14FN3O2. The third kappa shape index (κ3) is 2.20. The van der Waals surface area contributed by atoms with Gasteiger partial charge in [-0.05, 0) is 44.0 Å². The Morgan fingerprint density at radius 2 is 2.12 bits per heavy atom. The molecule has 0 bridgehead atoms. The number of hydrogen-bond donors (Lipinski definition) is 0. The number of carbonyl (C=O) groups is 1. The van der Waals surface area contributed by atoms with Crippen LogP contribution in [0.1, 0.15) is 41.9 Å². The van der Waals surface area contributed by atoms with Crippen molar-refractivity contribution in [2.45, 2.75) is 25.8 Å². The molecule has 0 spiro atoms. The van der Waals surface area contributed by atoms with Crippen molar-refractivity contribution in [2.24, 2.45) is 0 Å². The molecule has 1 aliphatic carbocycles. The second-order valence-electron chi connectivity index (χ2n) is 6.03. The first kappa shape index (κ1) is 14.6. The van der Waals surface area contributed by atoms with E-state index in [1.165, 1.54) is 12.1 Å². The predicted octanol–water partition coefficient (Wildman–Crippen LogP) is 3.44. The number of halogens is 1. The molecule has 120 valence electrons. The lowest BCUT2D eigenvalue weighted by molar-refractivity contribution is 0.111. The van der Waals surface area contributed by atoms with Crippen LogP contribution in [0.5, 0.6) is 0 Å². The van der Waals surface area contributed by atoms with Crippen LogP contribution in [0.4, 0.5) is 15.8 Å². The molecule has 6 heteroatoms. The number of benzene rings is 1. The number of hydrogen-bond acceptors (Lipinski definition) is 4. The summed E-state index contributed by atoms with van der Waals surface area (Å²) in [6.07, 6.45) is 6.29. The van der Waals surface area contributed by atoms with Gasteiger partial charge in [-0.1, -0.05) is 0 Å². The van der Waals surface area contributed by atoms with E-state index in [-0.39, 0.29) is 0 Å². The second-order valence-corrected chi connectivity index (χ2v) is 6.03. The minimum atomic E-state index is -0.432. The zero-order valence-corrected chi connectivity index (χ0v) is 13.0. The van der Waals surface area contributed by atoms with E-state index in [0.717, 1.165) is 24.8 Å². The summed E-state index contributed by atoms with van der Waals surface area (Å²) >= 11 is 0. The van der Waals surface area contributed by atoms with Gasteiger partial charge in [0.1, 0.15) is 17.5 Å². The highest BCUT2D eigenvalue weighted by atomic mass is 19.1. The van der Waals surface area contributed by atoms with E-state index in [2.05, 4.69) is 5.10 Å². The Morgan fingerprint density at radius 3 is 2.79 bits per heavy atom. The molecule has 2 aliphatic rings. The highest BCUT2D eigenvalue weighted by Crippen LogP contribution is 2.42. The van der Waals surface area contributed by atoms with Gasteiger partial charge in [-0.15, -0.1) is 0 Å². The van der Waals surface area contributed by atoms with Gasteiger partial charge in [0.2, 0.25) is 0 Å². The number of carbonyl (C=O) groups excluding carboxylic acids is 2. The van der Waals surface area contributed by atoms with Crippen LogP contribution in [0.25, 0.3) is 5.57 Å². The molecule has 0 N–H and O–H groups in total. The van der Waals surface area contributed by atoms with E-state index in [1.54, 1.807) is 16.8 Å². The topological polar surface area (TPSA) is 55.2 Å². The largest absolute Gasteiger partial charge is 0.310 e. The molecule has 0 atom stereocenters. The van der Waals surface area contributed by atoms with E-state index in [1.807, 2.05) is 24.0 Å². The Kier molecular flexibility index (Phi) is 3.22. The number of aldehydes is 1. The molecule has 1 aromatic carbocycles. The minimum absolute atomic E-state index is 0.292. The summed E-state index contributed by atoms with van der Waals surface area (Å²) in [5.74, 6) is 1.43. The molecule has 24 heavy (non-hydrogen) atoms. The summed E-state index contributed by atoms with van der Waals surface area (Å²) in [6, 6.07) is 4.57. The number of nitrogens with zero attached hydrogens (tertiary/aromatic N) is 3. The van der Waals surface area contributed by atoms with Crippen LogP contribution in [0, 0.1) is 5.82 Å². The smallest absolute Gasteiger partial charge is 0.172 e.